The monoisotopic (exact) mass is 398 g/mol. The van der Waals surface area contributed by atoms with Crippen molar-refractivity contribution in [1.82, 2.24) is 15.5 Å². The fourth-order valence-electron chi connectivity index (χ4n) is 2.27. The zero-order valence-corrected chi connectivity index (χ0v) is 16.3. The summed E-state index contributed by atoms with van der Waals surface area (Å²) in [7, 11) is 0. The lowest BCUT2D eigenvalue weighted by Gasteiger charge is -2.05. The minimum absolute atomic E-state index is 0.0907. The number of thioether (sulfide) groups is 1. The van der Waals surface area contributed by atoms with Gasteiger partial charge in [-0.3, -0.25) is 9.59 Å². The molecule has 0 saturated carbocycles. The number of aromatic nitrogens is 2. The van der Waals surface area contributed by atoms with Gasteiger partial charge in [0, 0.05) is 12.2 Å². The number of amides is 2. The number of nitrogens with zero attached hydrogens (tertiary/aromatic N) is 2. The molecule has 27 heavy (non-hydrogen) atoms. The Bertz CT molecular complexity index is 928. The maximum atomic E-state index is 12.2. The topological polar surface area (TPSA) is 84.0 Å². The first-order chi connectivity index (χ1) is 13.1. The highest BCUT2D eigenvalue weighted by molar-refractivity contribution is 8.01. The van der Waals surface area contributed by atoms with Crippen LogP contribution >= 0.6 is 23.1 Å². The molecule has 3 aromatic rings. The number of rotatable bonds is 7. The second kappa shape index (κ2) is 9.29. The Hall–Kier alpha value is -2.71. The summed E-state index contributed by atoms with van der Waals surface area (Å²) in [6.07, 6.45) is 0. The lowest BCUT2D eigenvalue weighted by molar-refractivity contribution is -0.118. The van der Waals surface area contributed by atoms with Gasteiger partial charge in [0.1, 0.15) is 0 Å². The van der Waals surface area contributed by atoms with Gasteiger partial charge in [-0.05, 0) is 24.6 Å². The molecule has 0 spiro atoms. The van der Waals surface area contributed by atoms with E-state index in [9.17, 15) is 9.59 Å². The first kappa shape index (κ1) is 19.1. The third-order valence-corrected chi connectivity index (χ3v) is 5.59. The van der Waals surface area contributed by atoms with Crippen LogP contribution in [-0.2, 0) is 11.3 Å². The number of hydrogen-bond donors (Lipinski definition) is 2. The van der Waals surface area contributed by atoms with Gasteiger partial charge in [-0.15, -0.1) is 10.2 Å². The van der Waals surface area contributed by atoms with Crippen molar-refractivity contribution in [2.24, 2.45) is 0 Å². The molecule has 8 heteroatoms. The summed E-state index contributed by atoms with van der Waals surface area (Å²) in [4.78, 5) is 24.2. The third-order valence-electron chi connectivity index (χ3n) is 3.53. The molecular weight excluding hydrogens is 380 g/mol. The van der Waals surface area contributed by atoms with Crippen LogP contribution in [0, 0.1) is 6.92 Å². The van der Waals surface area contributed by atoms with Crippen molar-refractivity contribution >= 4 is 40.6 Å². The van der Waals surface area contributed by atoms with Crippen LogP contribution in [-0.4, -0.2) is 27.8 Å². The molecule has 6 nitrogen and oxygen atoms in total. The largest absolute Gasteiger partial charge is 0.351 e. The van der Waals surface area contributed by atoms with Crippen LogP contribution in [0.1, 0.15) is 20.9 Å². The minimum Gasteiger partial charge on any atom is -0.351 e. The van der Waals surface area contributed by atoms with Gasteiger partial charge in [0.05, 0.1) is 5.75 Å². The van der Waals surface area contributed by atoms with Gasteiger partial charge in [0.2, 0.25) is 10.9 Å². The lowest BCUT2D eigenvalue weighted by atomic mass is 10.1. The fourth-order valence-corrected chi connectivity index (χ4v) is 3.84. The molecule has 0 aliphatic carbocycles. The highest BCUT2D eigenvalue weighted by Gasteiger charge is 2.14. The predicted molar refractivity (Wildman–Crippen MR) is 108 cm³/mol. The standard InChI is InChI=1S/C19H18N4O2S2/c1-13-6-5-7-14(10-13)11-20-16(24)12-26-19-23-22-18(27-19)17(25)21-15-8-3-2-4-9-15/h2-10H,11-12H2,1H3,(H,20,24)(H,21,25). The average molecular weight is 399 g/mol. The summed E-state index contributed by atoms with van der Waals surface area (Å²) < 4.78 is 0.582. The summed E-state index contributed by atoms with van der Waals surface area (Å²) in [5.74, 6) is -0.178. The van der Waals surface area contributed by atoms with Crippen LogP contribution in [0.15, 0.2) is 58.9 Å². The van der Waals surface area contributed by atoms with Crippen LogP contribution in [0.4, 0.5) is 5.69 Å². The summed E-state index contributed by atoms with van der Waals surface area (Å²) in [5, 5.41) is 13.8. The minimum atomic E-state index is -0.311. The van der Waals surface area contributed by atoms with Crippen molar-refractivity contribution in [3.8, 4) is 0 Å². The van der Waals surface area contributed by atoms with Gasteiger partial charge in [0.25, 0.3) is 5.91 Å². The highest BCUT2D eigenvalue weighted by atomic mass is 32.2. The molecule has 0 bridgehead atoms. The van der Waals surface area contributed by atoms with E-state index in [4.69, 9.17) is 0 Å². The van der Waals surface area contributed by atoms with E-state index in [1.165, 1.54) is 23.1 Å². The van der Waals surface area contributed by atoms with E-state index in [-0.39, 0.29) is 22.6 Å². The number of carbonyl (C=O) groups is 2. The van der Waals surface area contributed by atoms with Gasteiger partial charge in [-0.1, -0.05) is 71.1 Å². The number of hydrogen-bond acceptors (Lipinski definition) is 6. The number of nitrogens with one attached hydrogen (secondary N) is 2. The molecule has 3 rings (SSSR count). The van der Waals surface area contributed by atoms with Crippen molar-refractivity contribution < 1.29 is 9.59 Å². The van der Waals surface area contributed by atoms with Gasteiger partial charge in [-0.25, -0.2) is 0 Å². The molecule has 0 unspecified atom stereocenters. The van der Waals surface area contributed by atoms with E-state index in [2.05, 4.69) is 20.8 Å². The Kier molecular flexibility index (Phi) is 6.56. The van der Waals surface area contributed by atoms with Crippen LogP contribution in [0.3, 0.4) is 0 Å². The smallest absolute Gasteiger partial charge is 0.286 e. The average Bonchev–Trinajstić information content (AvgIpc) is 3.15. The van der Waals surface area contributed by atoms with Crippen LogP contribution in [0.5, 0.6) is 0 Å². The van der Waals surface area contributed by atoms with E-state index in [0.717, 1.165) is 11.1 Å². The SMILES string of the molecule is Cc1cccc(CNC(=O)CSc2nnc(C(=O)Nc3ccccc3)s2)c1. The van der Waals surface area contributed by atoms with E-state index in [1.54, 1.807) is 12.1 Å². The third kappa shape index (κ3) is 5.90. The molecule has 0 atom stereocenters. The summed E-state index contributed by atoms with van der Waals surface area (Å²) in [6.45, 7) is 2.50. The molecule has 138 valence electrons. The number of carbonyl (C=O) groups excluding carboxylic acids is 2. The van der Waals surface area contributed by atoms with Crippen molar-refractivity contribution in [2.45, 2.75) is 17.8 Å². The Labute approximate surface area is 165 Å². The quantitative estimate of drug-likeness (QED) is 0.595. The van der Waals surface area contributed by atoms with Gasteiger partial charge >= 0.3 is 0 Å². The number of aryl methyl sites for hydroxylation is 1. The Morgan fingerprint density at radius 2 is 1.89 bits per heavy atom. The number of para-hydroxylation sites is 1. The fraction of sp³-hybridized carbons (Fsp3) is 0.158. The van der Waals surface area contributed by atoms with E-state index in [1.807, 2.05) is 49.4 Å². The summed E-state index contributed by atoms with van der Waals surface area (Å²) >= 11 is 2.43. The molecule has 1 aromatic heterocycles. The molecule has 0 fully saturated rings. The summed E-state index contributed by atoms with van der Waals surface area (Å²) in [6, 6.07) is 17.1. The molecule has 0 radical (unpaired) electrons. The first-order valence-electron chi connectivity index (χ1n) is 8.25. The first-order valence-corrected chi connectivity index (χ1v) is 10.1. The van der Waals surface area contributed by atoms with Crippen LogP contribution < -0.4 is 10.6 Å². The number of anilines is 1. The molecule has 0 aliphatic heterocycles. The van der Waals surface area contributed by atoms with Gasteiger partial charge in [-0.2, -0.15) is 0 Å². The van der Waals surface area contributed by atoms with Crippen molar-refractivity contribution in [3.05, 3.63) is 70.7 Å². The molecular formula is C19H18N4O2S2. The van der Waals surface area contributed by atoms with E-state index >= 15 is 0 Å². The van der Waals surface area contributed by atoms with Crippen LogP contribution in [0.25, 0.3) is 0 Å². The van der Waals surface area contributed by atoms with E-state index in [0.29, 0.717) is 16.6 Å². The Morgan fingerprint density at radius 1 is 1.07 bits per heavy atom. The normalized spacial score (nSPS) is 10.4. The van der Waals surface area contributed by atoms with Gasteiger partial charge < -0.3 is 10.6 Å². The Morgan fingerprint density at radius 3 is 2.67 bits per heavy atom. The molecule has 2 N–H and O–H groups in total. The maximum Gasteiger partial charge on any atom is 0.286 e. The van der Waals surface area contributed by atoms with Gasteiger partial charge in [0.15, 0.2) is 4.34 Å². The highest BCUT2D eigenvalue weighted by Crippen LogP contribution is 2.23. The summed E-state index contributed by atoms with van der Waals surface area (Å²) in [5.41, 5.74) is 2.91. The predicted octanol–water partition coefficient (Wildman–Crippen LogP) is 3.51. The van der Waals surface area contributed by atoms with Crippen molar-refractivity contribution in [1.29, 1.82) is 0 Å². The maximum absolute atomic E-state index is 12.2. The van der Waals surface area contributed by atoms with Crippen molar-refractivity contribution in [2.75, 3.05) is 11.1 Å². The zero-order valence-electron chi connectivity index (χ0n) is 14.6. The Balaban J connectivity index is 1.46. The molecule has 2 aromatic carbocycles. The second-order valence-electron chi connectivity index (χ2n) is 5.75. The van der Waals surface area contributed by atoms with Crippen LogP contribution in [0.2, 0.25) is 0 Å². The molecule has 0 saturated heterocycles. The van der Waals surface area contributed by atoms with E-state index < -0.39 is 0 Å². The lowest BCUT2D eigenvalue weighted by Crippen LogP contribution is -2.24. The zero-order chi connectivity index (χ0) is 19.1. The number of benzene rings is 2. The van der Waals surface area contributed by atoms with Crippen molar-refractivity contribution in [3.63, 3.8) is 0 Å². The molecule has 1 heterocycles. The molecule has 2 amide bonds. The second-order valence-corrected chi connectivity index (χ2v) is 7.95. The molecule has 0 aliphatic rings.